The molecule has 2 atom stereocenters. The molecule has 0 aliphatic rings. The van der Waals surface area contributed by atoms with E-state index in [0.717, 1.165) is 6.42 Å². The van der Waals surface area contributed by atoms with E-state index in [4.69, 9.17) is 5.11 Å². The number of carbonyl (C=O) groups excluding carboxylic acids is 1. The topological polar surface area (TPSA) is 49.3 Å². The molecule has 0 aliphatic heterocycles. The number of hydrogen-bond donors (Lipinski definition) is 3. The van der Waals surface area contributed by atoms with Crippen LogP contribution in [0.1, 0.15) is 26.7 Å². The zero-order chi connectivity index (χ0) is 9.56. The van der Waals surface area contributed by atoms with Crippen molar-refractivity contribution < 1.29 is 9.90 Å². The number of aliphatic hydroxyl groups is 1. The quantitative estimate of drug-likeness (QED) is 0.557. The number of nitrogens with one attached hydrogen (secondary N) is 1. The van der Waals surface area contributed by atoms with Gasteiger partial charge in [0.05, 0.1) is 11.4 Å². The van der Waals surface area contributed by atoms with Crippen LogP contribution >= 0.6 is 12.6 Å². The lowest BCUT2D eigenvalue weighted by molar-refractivity contribution is -0.120. The van der Waals surface area contributed by atoms with Crippen LogP contribution in [-0.2, 0) is 4.79 Å². The first-order valence-corrected chi connectivity index (χ1v) is 4.73. The predicted molar refractivity (Wildman–Crippen MR) is 52.4 cm³/mol. The highest BCUT2D eigenvalue weighted by Gasteiger charge is 2.07. The SMILES string of the molecule is CCC(O)CCNC(=O)C(C)S. The normalized spacial score (nSPS) is 15.3. The van der Waals surface area contributed by atoms with E-state index in [1.165, 1.54) is 0 Å². The third kappa shape index (κ3) is 5.43. The van der Waals surface area contributed by atoms with Gasteiger partial charge >= 0.3 is 0 Å². The van der Waals surface area contributed by atoms with Crippen molar-refractivity contribution in [1.82, 2.24) is 5.32 Å². The third-order valence-electron chi connectivity index (χ3n) is 1.63. The van der Waals surface area contributed by atoms with Crippen molar-refractivity contribution in [2.24, 2.45) is 0 Å². The summed E-state index contributed by atoms with van der Waals surface area (Å²) < 4.78 is 0. The molecule has 2 N–H and O–H groups in total. The highest BCUT2D eigenvalue weighted by Crippen LogP contribution is 1.96. The summed E-state index contributed by atoms with van der Waals surface area (Å²) in [5.41, 5.74) is 0. The highest BCUT2D eigenvalue weighted by molar-refractivity contribution is 7.81. The molecule has 0 aromatic carbocycles. The Morgan fingerprint density at radius 1 is 1.67 bits per heavy atom. The third-order valence-corrected chi connectivity index (χ3v) is 1.86. The Bertz CT molecular complexity index is 139. The van der Waals surface area contributed by atoms with Gasteiger partial charge in [-0.1, -0.05) is 6.92 Å². The van der Waals surface area contributed by atoms with Crippen molar-refractivity contribution in [2.45, 2.75) is 38.0 Å². The highest BCUT2D eigenvalue weighted by atomic mass is 32.1. The van der Waals surface area contributed by atoms with Crippen molar-refractivity contribution in [3.05, 3.63) is 0 Å². The first-order chi connectivity index (χ1) is 5.57. The predicted octanol–water partition coefficient (Wildman–Crippen LogP) is 0.582. The number of rotatable bonds is 5. The Morgan fingerprint density at radius 3 is 2.67 bits per heavy atom. The maximum absolute atomic E-state index is 10.9. The van der Waals surface area contributed by atoms with E-state index in [9.17, 15) is 4.79 Å². The number of aliphatic hydroxyl groups excluding tert-OH is 1. The fourth-order valence-electron chi connectivity index (χ4n) is 0.714. The smallest absolute Gasteiger partial charge is 0.232 e. The van der Waals surface area contributed by atoms with Gasteiger partial charge in [-0.2, -0.15) is 12.6 Å². The zero-order valence-electron chi connectivity index (χ0n) is 7.58. The van der Waals surface area contributed by atoms with E-state index in [1.807, 2.05) is 6.92 Å². The second-order valence-electron chi connectivity index (χ2n) is 2.82. The number of amides is 1. The van der Waals surface area contributed by atoms with E-state index in [0.29, 0.717) is 13.0 Å². The molecule has 0 aromatic rings. The molecule has 3 nitrogen and oxygen atoms in total. The molecule has 0 aromatic heterocycles. The summed E-state index contributed by atoms with van der Waals surface area (Å²) in [4.78, 5) is 10.9. The Morgan fingerprint density at radius 2 is 2.25 bits per heavy atom. The summed E-state index contributed by atoms with van der Waals surface area (Å²) in [6, 6.07) is 0. The van der Waals surface area contributed by atoms with Crippen LogP contribution < -0.4 is 5.32 Å². The van der Waals surface area contributed by atoms with Gasteiger partial charge in [0.15, 0.2) is 0 Å². The molecule has 0 saturated carbocycles. The van der Waals surface area contributed by atoms with Gasteiger partial charge in [-0.15, -0.1) is 0 Å². The fraction of sp³-hybridized carbons (Fsp3) is 0.875. The summed E-state index contributed by atoms with van der Waals surface area (Å²) in [6.07, 6.45) is 1.04. The van der Waals surface area contributed by atoms with Crippen molar-refractivity contribution in [2.75, 3.05) is 6.54 Å². The molecule has 4 heteroatoms. The fourth-order valence-corrected chi connectivity index (χ4v) is 0.805. The first-order valence-electron chi connectivity index (χ1n) is 4.21. The zero-order valence-corrected chi connectivity index (χ0v) is 8.47. The van der Waals surface area contributed by atoms with Crippen LogP contribution in [0.25, 0.3) is 0 Å². The summed E-state index contributed by atoms with van der Waals surface area (Å²) in [5, 5.41) is 11.5. The van der Waals surface area contributed by atoms with Crippen LogP contribution in [0.2, 0.25) is 0 Å². The maximum atomic E-state index is 10.9. The van der Waals surface area contributed by atoms with Crippen LogP contribution in [0.15, 0.2) is 0 Å². The van der Waals surface area contributed by atoms with Crippen LogP contribution in [0.5, 0.6) is 0 Å². The Balaban J connectivity index is 3.37. The van der Waals surface area contributed by atoms with Crippen molar-refractivity contribution >= 4 is 18.5 Å². The molecule has 72 valence electrons. The lowest BCUT2D eigenvalue weighted by atomic mass is 10.2. The van der Waals surface area contributed by atoms with Gasteiger partial charge in [0.1, 0.15) is 0 Å². The standard InChI is InChI=1S/C8H17NO2S/c1-3-7(10)4-5-9-8(11)6(2)12/h6-7,10,12H,3-5H2,1-2H3,(H,9,11). The van der Waals surface area contributed by atoms with Crippen LogP contribution in [-0.4, -0.2) is 28.9 Å². The summed E-state index contributed by atoms with van der Waals surface area (Å²) >= 11 is 3.97. The first kappa shape index (κ1) is 11.8. The van der Waals surface area contributed by atoms with Gasteiger partial charge in [-0.05, 0) is 19.8 Å². The van der Waals surface area contributed by atoms with Crippen LogP contribution in [0.3, 0.4) is 0 Å². The largest absolute Gasteiger partial charge is 0.393 e. The monoisotopic (exact) mass is 191 g/mol. The number of carbonyl (C=O) groups is 1. The molecule has 0 spiro atoms. The Labute approximate surface area is 79.0 Å². The molecule has 0 saturated heterocycles. The van der Waals surface area contributed by atoms with Crippen LogP contribution in [0, 0.1) is 0 Å². The molecule has 0 fully saturated rings. The molecule has 0 bridgehead atoms. The van der Waals surface area contributed by atoms with Gasteiger partial charge in [-0.3, -0.25) is 4.79 Å². The molecular weight excluding hydrogens is 174 g/mol. The Kier molecular flexibility index (Phi) is 6.20. The van der Waals surface area contributed by atoms with E-state index in [1.54, 1.807) is 6.92 Å². The molecule has 0 rings (SSSR count). The van der Waals surface area contributed by atoms with E-state index in [-0.39, 0.29) is 17.3 Å². The van der Waals surface area contributed by atoms with Gasteiger partial charge in [0, 0.05) is 6.54 Å². The average Bonchev–Trinajstić information content (AvgIpc) is 2.03. The van der Waals surface area contributed by atoms with E-state index in [2.05, 4.69) is 17.9 Å². The summed E-state index contributed by atoms with van der Waals surface area (Å²) in [5.74, 6) is -0.0818. The van der Waals surface area contributed by atoms with Crippen molar-refractivity contribution in [3.8, 4) is 0 Å². The minimum atomic E-state index is -0.305. The molecule has 0 aliphatic carbocycles. The second kappa shape index (κ2) is 6.31. The number of hydrogen-bond acceptors (Lipinski definition) is 3. The van der Waals surface area contributed by atoms with Crippen molar-refractivity contribution in [1.29, 1.82) is 0 Å². The summed E-state index contributed by atoms with van der Waals surface area (Å²) in [6.45, 7) is 4.15. The molecule has 12 heavy (non-hydrogen) atoms. The molecule has 2 unspecified atom stereocenters. The van der Waals surface area contributed by atoms with E-state index < -0.39 is 0 Å². The average molecular weight is 191 g/mol. The maximum Gasteiger partial charge on any atom is 0.232 e. The Hall–Kier alpha value is -0.220. The molecule has 0 heterocycles. The van der Waals surface area contributed by atoms with Gasteiger partial charge in [0.25, 0.3) is 0 Å². The molecule has 1 amide bonds. The van der Waals surface area contributed by atoms with E-state index >= 15 is 0 Å². The van der Waals surface area contributed by atoms with Crippen LogP contribution in [0.4, 0.5) is 0 Å². The minimum Gasteiger partial charge on any atom is -0.393 e. The molecular formula is C8H17NO2S. The minimum absolute atomic E-state index is 0.0818. The lowest BCUT2D eigenvalue weighted by Gasteiger charge is -2.09. The second-order valence-corrected chi connectivity index (χ2v) is 3.59. The van der Waals surface area contributed by atoms with Gasteiger partial charge in [0.2, 0.25) is 5.91 Å². The van der Waals surface area contributed by atoms with Gasteiger partial charge < -0.3 is 10.4 Å². The molecule has 0 radical (unpaired) electrons. The lowest BCUT2D eigenvalue weighted by Crippen LogP contribution is -2.32. The number of thiol groups is 1. The summed E-state index contributed by atoms with van der Waals surface area (Å²) in [7, 11) is 0. The van der Waals surface area contributed by atoms with Crippen molar-refractivity contribution in [3.63, 3.8) is 0 Å². The van der Waals surface area contributed by atoms with Gasteiger partial charge in [-0.25, -0.2) is 0 Å².